The second-order valence-electron chi connectivity index (χ2n) is 5.15. The molecule has 0 heterocycles. The summed E-state index contributed by atoms with van der Waals surface area (Å²) in [5.41, 5.74) is 9.76. The first-order valence-corrected chi connectivity index (χ1v) is 7.20. The molecule has 0 spiro atoms. The Labute approximate surface area is 126 Å². The van der Waals surface area contributed by atoms with Crippen LogP contribution in [0.3, 0.4) is 0 Å². The zero-order valence-corrected chi connectivity index (χ0v) is 12.8. The molecule has 2 aromatic rings. The third-order valence-corrected chi connectivity index (χ3v) is 3.86. The number of aryl methyl sites for hydroxylation is 1. The molecule has 3 heteroatoms. The monoisotopic (exact) mass is 288 g/mol. The van der Waals surface area contributed by atoms with Crippen molar-refractivity contribution in [1.29, 1.82) is 0 Å². The summed E-state index contributed by atoms with van der Waals surface area (Å²) >= 11 is 6.04. The first-order valence-electron chi connectivity index (χ1n) is 6.82. The van der Waals surface area contributed by atoms with Gasteiger partial charge in [0.1, 0.15) is 0 Å². The maximum Gasteiger partial charge on any atom is 0.0473 e. The van der Waals surface area contributed by atoms with Crippen molar-refractivity contribution in [1.82, 2.24) is 4.90 Å². The van der Waals surface area contributed by atoms with Gasteiger partial charge in [0.15, 0.2) is 0 Å². The molecule has 106 valence electrons. The van der Waals surface area contributed by atoms with E-state index in [-0.39, 0.29) is 6.04 Å². The molecule has 2 nitrogen and oxygen atoms in total. The molecule has 1 unspecified atom stereocenters. The van der Waals surface area contributed by atoms with E-state index in [1.54, 1.807) is 0 Å². The Morgan fingerprint density at radius 1 is 1.15 bits per heavy atom. The predicted octanol–water partition coefficient (Wildman–Crippen LogP) is 3.78. The van der Waals surface area contributed by atoms with Crippen LogP contribution in [0, 0.1) is 6.92 Å². The first-order chi connectivity index (χ1) is 9.61. The quantitative estimate of drug-likeness (QED) is 0.907. The highest BCUT2D eigenvalue weighted by atomic mass is 35.5. The van der Waals surface area contributed by atoms with Gasteiger partial charge < -0.3 is 5.73 Å². The number of nitrogens with zero attached hydrogens (tertiary/aromatic N) is 1. The molecule has 2 aromatic carbocycles. The minimum Gasteiger partial charge on any atom is -0.329 e. The molecule has 0 aliphatic carbocycles. The number of hydrogen-bond acceptors (Lipinski definition) is 2. The maximum atomic E-state index is 6.04. The fourth-order valence-electron chi connectivity index (χ4n) is 2.54. The maximum absolute atomic E-state index is 6.04. The van der Waals surface area contributed by atoms with Crippen LogP contribution in [0.1, 0.15) is 22.7 Å². The molecule has 0 saturated heterocycles. The van der Waals surface area contributed by atoms with Crippen LogP contribution in [-0.4, -0.2) is 18.5 Å². The number of hydrogen-bond donors (Lipinski definition) is 1. The lowest BCUT2D eigenvalue weighted by atomic mass is 10.00. The molecule has 20 heavy (non-hydrogen) atoms. The molecule has 0 amide bonds. The van der Waals surface area contributed by atoms with Crippen molar-refractivity contribution in [3.63, 3.8) is 0 Å². The molecule has 0 aromatic heterocycles. The summed E-state index contributed by atoms with van der Waals surface area (Å²) in [6.07, 6.45) is 0. The number of likely N-dealkylation sites (N-methyl/N-ethyl adjacent to an activating group) is 1. The van der Waals surface area contributed by atoms with Crippen LogP contribution in [0.15, 0.2) is 48.5 Å². The second-order valence-corrected chi connectivity index (χ2v) is 5.59. The van der Waals surface area contributed by atoms with Crippen LogP contribution in [0.4, 0.5) is 0 Å². The highest BCUT2D eigenvalue weighted by molar-refractivity contribution is 6.30. The van der Waals surface area contributed by atoms with Gasteiger partial charge in [-0.05, 0) is 42.8 Å². The van der Waals surface area contributed by atoms with Crippen molar-refractivity contribution in [2.75, 3.05) is 13.6 Å². The Morgan fingerprint density at radius 2 is 1.90 bits per heavy atom. The van der Waals surface area contributed by atoms with Crippen LogP contribution in [0.2, 0.25) is 5.02 Å². The van der Waals surface area contributed by atoms with Gasteiger partial charge in [-0.15, -0.1) is 0 Å². The lowest BCUT2D eigenvalue weighted by Crippen LogP contribution is -2.30. The molecule has 0 aliphatic heterocycles. The van der Waals surface area contributed by atoms with E-state index in [1.165, 1.54) is 16.7 Å². The number of nitrogens with two attached hydrogens (primary N) is 1. The fourth-order valence-corrected chi connectivity index (χ4v) is 2.75. The van der Waals surface area contributed by atoms with E-state index in [4.69, 9.17) is 17.3 Å². The van der Waals surface area contributed by atoms with E-state index in [9.17, 15) is 0 Å². The Hall–Kier alpha value is -1.35. The van der Waals surface area contributed by atoms with Gasteiger partial charge in [-0.25, -0.2) is 0 Å². The molecule has 0 fully saturated rings. The van der Waals surface area contributed by atoms with Crippen LogP contribution in [0.5, 0.6) is 0 Å². The van der Waals surface area contributed by atoms with E-state index in [0.29, 0.717) is 6.54 Å². The standard InChI is InChI=1S/C17H21ClN2/c1-13-6-3-4-9-16(13)17(11-19)20(2)12-14-7-5-8-15(18)10-14/h3-10,17H,11-12,19H2,1-2H3. The lowest BCUT2D eigenvalue weighted by molar-refractivity contribution is 0.241. The van der Waals surface area contributed by atoms with Crippen molar-refractivity contribution >= 4 is 11.6 Å². The van der Waals surface area contributed by atoms with E-state index >= 15 is 0 Å². The van der Waals surface area contributed by atoms with E-state index in [0.717, 1.165) is 11.6 Å². The van der Waals surface area contributed by atoms with Gasteiger partial charge in [0.05, 0.1) is 0 Å². The van der Waals surface area contributed by atoms with Crippen LogP contribution >= 0.6 is 11.6 Å². The largest absolute Gasteiger partial charge is 0.329 e. The molecule has 2 N–H and O–H groups in total. The zero-order chi connectivity index (χ0) is 14.5. The lowest BCUT2D eigenvalue weighted by Gasteiger charge is -2.28. The van der Waals surface area contributed by atoms with Crippen molar-refractivity contribution in [2.24, 2.45) is 5.73 Å². The van der Waals surface area contributed by atoms with Gasteiger partial charge >= 0.3 is 0 Å². The summed E-state index contributed by atoms with van der Waals surface area (Å²) < 4.78 is 0. The summed E-state index contributed by atoms with van der Waals surface area (Å²) in [6, 6.07) is 16.6. The van der Waals surface area contributed by atoms with Gasteiger partial charge in [0.25, 0.3) is 0 Å². The highest BCUT2D eigenvalue weighted by Crippen LogP contribution is 2.23. The minimum absolute atomic E-state index is 0.218. The molecule has 0 radical (unpaired) electrons. The van der Waals surface area contributed by atoms with E-state index in [2.05, 4.69) is 49.2 Å². The third kappa shape index (κ3) is 3.60. The van der Waals surface area contributed by atoms with Gasteiger partial charge in [-0.3, -0.25) is 4.90 Å². The predicted molar refractivity (Wildman–Crippen MR) is 85.9 cm³/mol. The number of halogens is 1. The summed E-state index contributed by atoms with van der Waals surface area (Å²) in [4.78, 5) is 2.27. The van der Waals surface area contributed by atoms with E-state index < -0.39 is 0 Å². The first kappa shape index (κ1) is 15.0. The average Bonchev–Trinajstić information content (AvgIpc) is 2.41. The van der Waals surface area contributed by atoms with Gasteiger partial charge in [-0.2, -0.15) is 0 Å². The Balaban J connectivity index is 2.18. The number of benzene rings is 2. The smallest absolute Gasteiger partial charge is 0.0473 e. The Morgan fingerprint density at radius 3 is 2.55 bits per heavy atom. The van der Waals surface area contributed by atoms with Crippen molar-refractivity contribution in [3.05, 3.63) is 70.2 Å². The Kier molecular flexibility index (Phi) is 5.18. The average molecular weight is 289 g/mol. The third-order valence-electron chi connectivity index (χ3n) is 3.62. The molecule has 0 bridgehead atoms. The molecular formula is C17H21ClN2. The van der Waals surface area contributed by atoms with Crippen LogP contribution < -0.4 is 5.73 Å². The molecule has 1 atom stereocenters. The van der Waals surface area contributed by atoms with Crippen LogP contribution in [0.25, 0.3) is 0 Å². The van der Waals surface area contributed by atoms with Gasteiger partial charge in [-0.1, -0.05) is 48.0 Å². The SMILES string of the molecule is Cc1ccccc1C(CN)N(C)Cc1cccc(Cl)c1. The zero-order valence-electron chi connectivity index (χ0n) is 12.0. The van der Waals surface area contributed by atoms with Crippen molar-refractivity contribution in [2.45, 2.75) is 19.5 Å². The fraction of sp³-hybridized carbons (Fsp3) is 0.294. The molecular weight excluding hydrogens is 268 g/mol. The summed E-state index contributed by atoms with van der Waals surface area (Å²) in [6.45, 7) is 3.56. The van der Waals surface area contributed by atoms with Crippen molar-refractivity contribution in [3.8, 4) is 0 Å². The normalized spacial score (nSPS) is 12.7. The minimum atomic E-state index is 0.218. The molecule has 2 rings (SSSR count). The van der Waals surface area contributed by atoms with E-state index in [1.807, 2.05) is 18.2 Å². The topological polar surface area (TPSA) is 29.3 Å². The van der Waals surface area contributed by atoms with Crippen LogP contribution in [-0.2, 0) is 6.54 Å². The second kappa shape index (κ2) is 6.89. The Bertz CT molecular complexity index is 568. The highest BCUT2D eigenvalue weighted by Gasteiger charge is 2.17. The van der Waals surface area contributed by atoms with Gasteiger partial charge in [0, 0.05) is 24.2 Å². The van der Waals surface area contributed by atoms with Gasteiger partial charge in [0.2, 0.25) is 0 Å². The molecule has 0 saturated carbocycles. The number of rotatable bonds is 5. The molecule has 0 aliphatic rings. The summed E-state index contributed by atoms with van der Waals surface area (Å²) in [5.74, 6) is 0. The summed E-state index contributed by atoms with van der Waals surface area (Å²) in [5, 5.41) is 0.774. The van der Waals surface area contributed by atoms with Crippen molar-refractivity contribution < 1.29 is 0 Å². The summed E-state index contributed by atoms with van der Waals surface area (Å²) in [7, 11) is 2.10.